The third kappa shape index (κ3) is 3.10. The first kappa shape index (κ1) is 11.8. The van der Waals surface area contributed by atoms with Crippen LogP contribution in [0, 0.1) is 0 Å². The monoisotopic (exact) mass is 213 g/mol. The van der Waals surface area contributed by atoms with E-state index in [1.165, 1.54) is 0 Å². The topological polar surface area (TPSA) is 82.3 Å². The molecular weight excluding hydrogens is 194 g/mol. The summed E-state index contributed by atoms with van der Waals surface area (Å²) >= 11 is 0. The molecule has 0 radical (unpaired) electrons. The van der Waals surface area contributed by atoms with E-state index in [0.29, 0.717) is 32.0 Å². The molecule has 4 N–H and O–H groups in total. The molecule has 0 unspecified atom stereocenters. The molecule has 1 heterocycles. The lowest BCUT2D eigenvalue weighted by Crippen LogP contribution is -2.19. The molecule has 6 heteroatoms. The highest BCUT2D eigenvalue weighted by Crippen LogP contribution is 2.19. The Labute approximate surface area is 89.8 Å². The van der Waals surface area contributed by atoms with Crippen LogP contribution in [0.25, 0.3) is 0 Å². The normalized spacial score (nSPS) is 10.6. The Balaban J connectivity index is 2.53. The third-order valence-corrected chi connectivity index (χ3v) is 1.97. The molecule has 1 rings (SSSR count). The fourth-order valence-electron chi connectivity index (χ4n) is 1.38. The molecule has 0 saturated carbocycles. The SMILES string of the molecule is CN(C)c1c(N)cnn1CCOCCN. The fraction of sp³-hybridized carbons (Fsp3) is 0.667. The third-order valence-electron chi connectivity index (χ3n) is 1.97. The molecule has 0 aliphatic carbocycles. The fourth-order valence-corrected chi connectivity index (χ4v) is 1.38. The van der Waals surface area contributed by atoms with Crippen molar-refractivity contribution in [3.8, 4) is 0 Å². The van der Waals surface area contributed by atoms with Crippen LogP contribution >= 0.6 is 0 Å². The van der Waals surface area contributed by atoms with E-state index in [0.717, 1.165) is 5.82 Å². The highest BCUT2D eigenvalue weighted by molar-refractivity contribution is 5.61. The van der Waals surface area contributed by atoms with Crippen LogP contribution in [0.1, 0.15) is 0 Å². The molecule has 0 saturated heterocycles. The van der Waals surface area contributed by atoms with Crippen LogP contribution < -0.4 is 16.4 Å². The van der Waals surface area contributed by atoms with E-state index in [9.17, 15) is 0 Å². The second kappa shape index (κ2) is 5.57. The van der Waals surface area contributed by atoms with Gasteiger partial charge in [-0.05, 0) is 0 Å². The van der Waals surface area contributed by atoms with Crippen molar-refractivity contribution in [2.24, 2.45) is 5.73 Å². The minimum atomic E-state index is 0.543. The lowest BCUT2D eigenvalue weighted by molar-refractivity contribution is 0.131. The van der Waals surface area contributed by atoms with Crippen molar-refractivity contribution in [1.82, 2.24) is 9.78 Å². The van der Waals surface area contributed by atoms with Crippen molar-refractivity contribution in [3.05, 3.63) is 6.20 Å². The first-order valence-corrected chi connectivity index (χ1v) is 4.93. The van der Waals surface area contributed by atoms with Gasteiger partial charge in [0.05, 0.1) is 31.6 Å². The number of nitrogens with zero attached hydrogens (tertiary/aromatic N) is 3. The zero-order valence-corrected chi connectivity index (χ0v) is 9.31. The number of hydrogen-bond donors (Lipinski definition) is 2. The maximum absolute atomic E-state index is 5.79. The number of hydrogen-bond acceptors (Lipinski definition) is 5. The Morgan fingerprint density at radius 3 is 2.80 bits per heavy atom. The predicted octanol–water partition coefficient (Wildman–Crippen LogP) is -0.493. The smallest absolute Gasteiger partial charge is 0.149 e. The molecule has 0 aliphatic rings. The molecule has 0 aliphatic heterocycles. The Bertz CT molecular complexity index is 297. The van der Waals surface area contributed by atoms with Gasteiger partial charge in [-0.1, -0.05) is 0 Å². The van der Waals surface area contributed by atoms with Gasteiger partial charge in [0.1, 0.15) is 5.82 Å². The van der Waals surface area contributed by atoms with E-state index in [1.54, 1.807) is 6.20 Å². The molecule has 0 aromatic carbocycles. The van der Waals surface area contributed by atoms with Crippen LogP contribution in [0.15, 0.2) is 6.20 Å². The molecule has 0 fully saturated rings. The maximum atomic E-state index is 5.79. The van der Waals surface area contributed by atoms with Crippen molar-refractivity contribution in [1.29, 1.82) is 0 Å². The van der Waals surface area contributed by atoms with E-state index >= 15 is 0 Å². The number of aromatic nitrogens is 2. The number of nitrogens with two attached hydrogens (primary N) is 2. The maximum Gasteiger partial charge on any atom is 0.149 e. The average molecular weight is 213 g/mol. The molecular formula is C9H19N5O. The van der Waals surface area contributed by atoms with Crippen molar-refractivity contribution in [2.45, 2.75) is 6.54 Å². The average Bonchev–Trinajstić information content (AvgIpc) is 2.54. The molecule has 1 aromatic rings. The van der Waals surface area contributed by atoms with E-state index < -0.39 is 0 Å². The highest BCUT2D eigenvalue weighted by atomic mass is 16.5. The molecule has 1 aromatic heterocycles. The number of ether oxygens (including phenoxy) is 1. The first-order valence-electron chi connectivity index (χ1n) is 4.93. The first-order chi connectivity index (χ1) is 7.16. The minimum Gasteiger partial charge on any atom is -0.394 e. The zero-order chi connectivity index (χ0) is 11.3. The summed E-state index contributed by atoms with van der Waals surface area (Å²) in [5.41, 5.74) is 11.8. The van der Waals surface area contributed by atoms with Gasteiger partial charge in [-0.2, -0.15) is 5.10 Å². The predicted molar refractivity (Wildman–Crippen MR) is 60.8 cm³/mol. The summed E-state index contributed by atoms with van der Waals surface area (Å²) in [7, 11) is 3.87. The Hall–Kier alpha value is -1.27. The van der Waals surface area contributed by atoms with Gasteiger partial charge < -0.3 is 21.1 Å². The molecule has 6 nitrogen and oxygen atoms in total. The van der Waals surface area contributed by atoms with Gasteiger partial charge in [0.2, 0.25) is 0 Å². The summed E-state index contributed by atoms with van der Waals surface area (Å²) < 4.78 is 7.11. The Morgan fingerprint density at radius 2 is 2.20 bits per heavy atom. The van der Waals surface area contributed by atoms with Crippen molar-refractivity contribution in [3.63, 3.8) is 0 Å². The quantitative estimate of drug-likeness (QED) is 0.623. The second-order valence-corrected chi connectivity index (χ2v) is 3.44. The van der Waals surface area contributed by atoms with Crippen molar-refractivity contribution >= 4 is 11.5 Å². The van der Waals surface area contributed by atoms with E-state index in [4.69, 9.17) is 16.2 Å². The van der Waals surface area contributed by atoms with Gasteiger partial charge in [-0.25, -0.2) is 4.68 Å². The van der Waals surface area contributed by atoms with Gasteiger partial charge in [0.15, 0.2) is 0 Å². The van der Waals surface area contributed by atoms with Gasteiger partial charge in [0, 0.05) is 20.6 Å². The largest absolute Gasteiger partial charge is 0.394 e. The Morgan fingerprint density at radius 1 is 1.47 bits per heavy atom. The molecule has 86 valence electrons. The van der Waals surface area contributed by atoms with Gasteiger partial charge in [0.25, 0.3) is 0 Å². The van der Waals surface area contributed by atoms with Crippen molar-refractivity contribution in [2.75, 3.05) is 44.5 Å². The number of rotatable bonds is 6. The van der Waals surface area contributed by atoms with Crippen LogP contribution in [0.2, 0.25) is 0 Å². The second-order valence-electron chi connectivity index (χ2n) is 3.44. The summed E-state index contributed by atoms with van der Waals surface area (Å²) in [5, 5.41) is 4.17. The summed E-state index contributed by atoms with van der Waals surface area (Å²) in [5.74, 6) is 0.909. The van der Waals surface area contributed by atoms with Gasteiger partial charge in [-0.15, -0.1) is 0 Å². The standard InChI is InChI=1S/C9H19N5O/c1-13(2)9-8(11)7-12-14(9)4-6-15-5-3-10/h7H,3-6,10-11H2,1-2H3. The van der Waals surface area contributed by atoms with E-state index in [-0.39, 0.29) is 0 Å². The van der Waals surface area contributed by atoms with Crippen LogP contribution in [0.5, 0.6) is 0 Å². The van der Waals surface area contributed by atoms with Crippen LogP contribution in [-0.2, 0) is 11.3 Å². The summed E-state index contributed by atoms with van der Waals surface area (Å²) in [6, 6.07) is 0. The zero-order valence-electron chi connectivity index (χ0n) is 9.31. The van der Waals surface area contributed by atoms with Crippen LogP contribution in [-0.4, -0.2) is 43.6 Å². The lowest BCUT2D eigenvalue weighted by Gasteiger charge is -2.15. The summed E-state index contributed by atoms with van der Waals surface area (Å²) in [6.07, 6.45) is 1.65. The number of anilines is 2. The van der Waals surface area contributed by atoms with Crippen LogP contribution in [0.4, 0.5) is 11.5 Å². The summed E-state index contributed by atoms with van der Waals surface area (Å²) in [4.78, 5) is 1.94. The molecule has 15 heavy (non-hydrogen) atoms. The summed E-state index contributed by atoms with van der Waals surface area (Å²) in [6.45, 7) is 2.40. The molecule has 0 bridgehead atoms. The number of nitrogen functional groups attached to an aromatic ring is 1. The lowest BCUT2D eigenvalue weighted by atomic mass is 10.5. The van der Waals surface area contributed by atoms with Gasteiger partial charge in [-0.3, -0.25) is 0 Å². The van der Waals surface area contributed by atoms with Crippen LogP contribution in [0.3, 0.4) is 0 Å². The molecule has 0 spiro atoms. The van der Waals surface area contributed by atoms with E-state index in [2.05, 4.69) is 5.10 Å². The molecule has 0 atom stereocenters. The van der Waals surface area contributed by atoms with Crippen molar-refractivity contribution < 1.29 is 4.74 Å². The Kier molecular flexibility index (Phi) is 4.38. The van der Waals surface area contributed by atoms with E-state index in [1.807, 2.05) is 23.7 Å². The van der Waals surface area contributed by atoms with Gasteiger partial charge >= 0.3 is 0 Å². The highest BCUT2D eigenvalue weighted by Gasteiger charge is 2.09. The molecule has 0 amide bonds. The minimum absolute atomic E-state index is 0.543.